The minimum Gasteiger partial charge on any atom is -0.465 e. The molecule has 1 N–H and O–H groups in total. The second-order valence-electron chi connectivity index (χ2n) is 9.03. The highest BCUT2D eigenvalue weighted by Gasteiger charge is 2.30. The van der Waals surface area contributed by atoms with E-state index in [4.69, 9.17) is 9.52 Å². The van der Waals surface area contributed by atoms with Crippen LogP contribution in [0.15, 0.2) is 59.2 Å². The van der Waals surface area contributed by atoms with Gasteiger partial charge >= 0.3 is 0 Å². The third kappa shape index (κ3) is 5.54. The quantitative estimate of drug-likeness (QED) is 0.571. The Morgan fingerprint density at radius 3 is 2.80 bits per heavy atom. The molecule has 182 valence electrons. The number of furan rings is 1. The first-order valence-corrected chi connectivity index (χ1v) is 12.3. The van der Waals surface area contributed by atoms with Gasteiger partial charge in [-0.3, -0.25) is 19.2 Å². The van der Waals surface area contributed by atoms with Crippen LogP contribution in [0.1, 0.15) is 39.5 Å². The number of amides is 2. The van der Waals surface area contributed by atoms with Gasteiger partial charge in [-0.2, -0.15) is 5.10 Å². The average Bonchev–Trinajstić information content (AvgIpc) is 3.47. The second-order valence-corrected chi connectivity index (χ2v) is 9.03. The summed E-state index contributed by atoms with van der Waals surface area (Å²) < 4.78 is 7.42. The zero-order valence-corrected chi connectivity index (χ0v) is 19.9. The molecule has 8 nitrogen and oxygen atoms in total. The van der Waals surface area contributed by atoms with E-state index in [9.17, 15) is 9.59 Å². The lowest BCUT2D eigenvalue weighted by molar-refractivity contribution is -0.120. The molecule has 35 heavy (non-hydrogen) atoms. The van der Waals surface area contributed by atoms with Crippen molar-refractivity contribution < 1.29 is 14.0 Å². The molecule has 3 aromatic rings. The first-order chi connectivity index (χ1) is 17.2. The van der Waals surface area contributed by atoms with E-state index in [0.29, 0.717) is 38.3 Å². The highest BCUT2D eigenvalue weighted by atomic mass is 16.3. The van der Waals surface area contributed by atoms with Gasteiger partial charge in [-0.1, -0.05) is 36.4 Å². The van der Waals surface area contributed by atoms with E-state index in [1.54, 1.807) is 11.2 Å². The first kappa shape index (κ1) is 23.1. The molecule has 1 fully saturated rings. The number of hydrogen-bond acceptors (Lipinski definition) is 5. The maximum atomic E-state index is 13.6. The molecular formula is C27H31N5O3. The summed E-state index contributed by atoms with van der Waals surface area (Å²) in [6.45, 7) is 4.49. The molecule has 0 unspecified atom stereocenters. The Balaban J connectivity index is 1.36. The van der Waals surface area contributed by atoms with Crippen LogP contribution < -0.4 is 5.32 Å². The van der Waals surface area contributed by atoms with E-state index in [0.717, 1.165) is 49.5 Å². The summed E-state index contributed by atoms with van der Waals surface area (Å²) in [5.41, 5.74) is 3.95. The molecule has 2 amide bonds. The van der Waals surface area contributed by atoms with Crippen molar-refractivity contribution in [3.05, 3.63) is 83.1 Å². The number of benzene rings is 1. The number of nitrogens with zero attached hydrogens (tertiary/aromatic N) is 4. The summed E-state index contributed by atoms with van der Waals surface area (Å²) in [7, 11) is 0. The van der Waals surface area contributed by atoms with E-state index in [2.05, 4.69) is 28.4 Å². The molecule has 0 radical (unpaired) electrons. The Kier molecular flexibility index (Phi) is 7.09. The largest absolute Gasteiger partial charge is 0.465 e. The van der Waals surface area contributed by atoms with E-state index >= 15 is 0 Å². The Labute approximate surface area is 205 Å². The molecule has 1 aromatic carbocycles. The van der Waals surface area contributed by atoms with E-state index in [-0.39, 0.29) is 11.8 Å². The van der Waals surface area contributed by atoms with Crippen LogP contribution in [0.25, 0.3) is 6.08 Å². The number of carbonyl (C=O) groups excluding carboxylic acids is 2. The molecule has 2 aromatic heterocycles. The molecule has 2 aliphatic rings. The van der Waals surface area contributed by atoms with E-state index in [1.165, 1.54) is 5.56 Å². The smallest absolute Gasteiger partial charge is 0.274 e. The minimum atomic E-state index is -0.0795. The maximum Gasteiger partial charge on any atom is 0.274 e. The van der Waals surface area contributed by atoms with Gasteiger partial charge in [-0.25, -0.2) is 0 Å². The van der Waals surface area contributed by atoms with E-state index in [1.807, 2.05) is 41.1 Å². The van der Waals surface area contributed by atoms with Gasteiger partial charge in [0.25, 0.3) is 5.91 Å². The Morgan fingerprint density at radius 1 is 1.09 bits per heavy atom. The predicted molar refractivity (Wildman–Crippen MR) is 133 cm³/mol. The summed E-state index contributed by atoms with van der Waals surface area (Å²) in [6, 6.07) is 14.2. The van der Waals surface area contributed by atoms with Crippen molar-refractivity contribution in [2.45, 2.75) is 32.4 Å². The summed E-state index contributed by atoms with van der Waals surface area (Å²) in [5.74, 6) is 0.742. The SMILES string of the molecule is O=C1CCN(C(=O)c2nn(CCc3ccccc3)c3c2CN(CC=Cc2ccco2)CC3)CCN1. The van der Waals surface area contributed by atoms with Gasteiger partial charge in [0.15, 0.2) is 5.69 Å². The molecule has 4 heterocycles. The van der Waals surface area contributed by atoms with Crippen LogP contribution in [-0.4, -0.2) is 64.1 Å². The van der Waals surface area contributed by atoms with Crippen LogP contribution >= 0.6 is 0 Å². The Bertz CT molecular complexity index is 1180. The van der Waals surface area contributed by atoms with Crippen LogP contribution in [0, 0.1) is 0 Å². The zero-order valence-electron chi connectivity index (χ0n) is 19.9. The number of nitrogens with one attached hydrogen (secondary N) is 1. The lowest BCUT2D eigenvalue weighted by Crippen LogP contribution is -2.36. The lowest BCUT2D eigenvalue weighted by atomic mass is 10.0. The van der Waals surface area contributed by atoms with Gasteiger partial charge in [0.2, 0.25) is 5.91 Å². The highest BCUT2D eigenvalue weighted by Crippen LogP contribution is 2.25. The number of hydrogen-bond donors (Lipinski definition) is 1. The third-order valence-corrected chi connectivity index (χ3v) is 6.66. The number of fused-ring (bicyclic) bond motifs is 1. The summed E-state index contributed by atoms with van der Waals surface area (Å²) >= 11 is 0. The molecule has 0 bridgehead atoms. The zero-order chi connectivity index (χ0) is 24.0. The fourth-order valence-electron chi connectivity index (χ4n) is 4.76. The Hall–Kier alpha value is -3.65. The van der Waals surface area contributed by atoms with Crippen molar-refractivity contribution in [2.24, 2.45) is 0 Å². The van der Waals surface area contributed by atoms with Crippen molar-refractivity contribution in [1.29, 1.82) is 0 Å². The van der Waals surface area contributed by atoms with Gasteiger partial charge in [-0.05, 0) is 30.2 Å². The molecule has 1 saturated heterocycles. The van der Waals surface area contributed by atoms with Crippen molar-refractivity contribution in [2.75, 3.05) is 32.7 Å². The molecule has 0 atom stereocenters. The fraction of sp³-hybridized carbons (Fsp3) is 0.370. The summed E-state index contributed by atoms with van der Waals surface area (Å²) in [4.78, 5) is 29.4. The number of rotatable bonds is 7. The van der Waals surface area contributed by atoms with Gasteiger partial charge in [0.05, 0.1) is 6.26 Å². The molecule has 8 heteroatoms. The first-order valence-electron chi connectivity index (χ1n) is 12.3. The molecule has 0 aliphatic carbocycles. The van der Waals surface area contributed by atoms with Gasteiger partial charge in [0.1, 0.15) is 5.76 Å². The predicted octanol–water partition coefficient (Wildman–Crippen LogP) is 2.75. The monoisotopic (exact) mass is 473 g/mol. The Morgan fingerprint density at radius 2 is 1.97 bits per heavy atom. The number of carbonyl (C=O) groups is 2. The van der Waals surface area contributed by atoms with Crippen molar-refractivity contribution in [3.63, 3.8) is 0 Å². The molecular weight excluding hydrogens is 442 g/mol. The lowest BCUT2D eigenvalue weighted by Gasteiger charge is -2.27. The minimum absolute atomic E-state index is 0.00904. The highest BCUT2D eigenvalue weighted by molar-refractivity contribution is 5.94. The third-order valence-electron chi connectivity index (χ3n) is 6.66. The van der Waals surface area contributed by atoms with E-state index < -0.39 is 0 Å². The van der Waals surface area contributed by atoms with Gasteiger partial charge in [-0.15, -0.1) is 0 Å². The van der Waals surface area contributed by atoms with Crippen LogP contribution in [0.3, 0.4) is 0 Å². The summed E-state index contributed by atoms with van der Waals surface area (Å²) in [5, 5.41) is 7.69. The van der Waals surface area contributed by atoms with Gasteiger partial charge < -0.3 is 14.6 Å². The number of aryl methyl sites for hydroxylation is 2. The fourth-order valence-corrected chi connectivity index (χ4v) is 4.76. The average molecular weight is 474 g/mol. The van der Waals surface area contributed by atoms with Crippen molar-refractivity contribution in [1.82, 2.24) is 24.9 Å². The molecule has 0 spiro atoms. The van der Waals surface area contributed by atoms with Gasteiger partial charge in [0, 0.05) is 69.9 Å². The summed E-state index contributed by atoms with van der Waals surface area (Å²) in [6.07, 6.45) is 7.77. The number of aromatic nitrogens is 2. The topological polar surface area (TPSA) is 83.6 Å². The molecule has 5 rings (SSSR count). The standard InChI is InChI=1S/C27H31N5O3/c33-25-12-16-31(18-13-28-25)27(34)26-23-20-30(14-4-8-22-9-5-19-35-22)15-11-24(23)32(29-26)17-10-21-6-2-1-3-7-21/h1-9,19H,10-18,20H2,(H,28,33). The normalized spacial score (nSPS) is 16.8. The van der Waals surface area contributed by atoms with Crippen molar-refractivity contribution >= 4 is 17.9 Å². The second kappa shape index (κ2) is 10.7. The molecule has 2 aliphatic heterocycles. The van der Waals surface area contributed by atoms with Crippen LogP contribution in [-0.2, 0) is 30.7 Å². The van der Waals surface area contributed by atoms with Crippen LogP contribution in [0.5, 0.6) is 0 Å². The van der Waals surface area contributed by atoms with Crippen LogP contribution in [0.2, 0.25) is 0 Å². The van der Waals surface area contributed by atoms with Crippen molar-refractivity contribution in [3.8, 4) is 0 Å². The maximum absolute atomic E-state index is 13.6. The van der Waals surface area contributed by atoms with Crippen LogP contribution in [0.4, 0.5) is 0 Å². The molecule has 0 saturated carbocycles.